The molecule has 0 saturated carbocycles. The van der Waals surface area contributed by atoms with Gasteiger partial charge in [-0.25, -0.2) is 0 Å². The number of hydrogen-bond acceptors (Lipinski definition) is 3. The van der Waals surface area contributed by atoms with Crippen LogP contribution in [0.3, 0.4) is 0 Å². The lowest BCUT2D eigenvalue weighted by molar-refractivity contribution is 0.387. The van der Waals surface area contributed by atoms with Crippen LogP contribution in [0.1, 0.15) is 37.8 Å². The standard InChI is InChI=1S/C13H20ClN3/c1-8-5-6-9(2)17(7-8)13-11(4)10(3)12(14)15-16-13/h8-9H,5-7H2,1-4H3. The number of aromatic nitrogens is 2. The third kappa shape index (κ3) is 2.39. The van der Waals surface area contributed by atoms with Crippen molar-refractivity contribution in [3.05, 3.63) is 16.3 Å². The van der Waals surface area contributed by atoms with E-state index >= 15 is 0 Å². The molecular formula is C13H20ClN3. The van der Waals surface area contributed by atoms with Crippen molar-refractivity contribution in [2.45, 2.75) is 46.6 Å². The van der Waals surface area contributed by atoms with Gasteiger partial charge in [0.1, 0.15) is 0 Å². The van der Waals surface area contributed by atoms with Crippen LogP contribution >= 0.6 is 11.6 Å². The van der Waals surface area contributed by atoms with Gasteiger partial charge in [-0.3, -0.25) is 0 Å². The van der Waals surface area contributed by atoms with E-state index < -0.39 is 0 Å². The summed E-state index contributed by atoms with van der Waals surface area (Å²) in [5.41, 5.74) is 2.20. The SMILES string of the molecule is Cc1c(Cl)nnc(N2CC(C)CCC2C)c1C. The molecule has 94 valence electrons. The minimum atomic E-state index is 0.518. The Balaban J connectivity index is 2.36. The van der Waals surface area contributed by atoms with E-state index in [1.54, 1.807) is 0 Å². The number of hydrogen-bond donors (Lipinski definition) is 0. The number of halogens is 1. The largest absolute Gasteiger partial charge is 0.352 e. The summed E-state index contributed by atoms with van der Waals surface area (Å²) < 4.78 is 0. The predicted molar refractivity (Wildman–Crippen MR) is 71.7 cm³/mol. The molecule has 0 aliphatic carbocycles. The van der Waals surface area contributed by atoms with Gasteiger partial charge in [0.25, 0.3) is 0 Å². The molecule has 1 aromatic rings. The van der Waals surface area contributed by atoms with E-state index in [1.165, 1.54) is 12.8 Å². The molecular weight excluding hydrogens is 234 g/mol. The number of nitrogens with zero attached hydrogens (tertiary/aromatic N) is 3. The first kappa shape index (κ1) is 12.6. The Labute approximate surface area is 108 Å². The average Bonchev–Trinajstić information content (AvgIpc) is 2.30. The average molecular weight is 254 g/mol. The first-order valence-electron chi connectivity index (χ1n) is 6.26. The summed E-state index contributed by atoms with van der Waals surface area (Å²) in [6.45, 7) is 9.71. The van der Waals surface area contributed by atoms with Gasteiger partial charge in [-0.1, -0.05) is 18.5 Å². The molecule has 17 heavy (non-hydrogen) atoms. The van der Waals surface area contributed by atoms with Crippen LogP contribution in [0.15, 0.2) is 0 Å². The van der Waals surface area contributed by atoms with E-state index in [4.69, 9.17) is 11.6 Å². The second-order valence-electron chi connectivity index (χ2n) is 5.25. The van der Waals surface area contributed by atoms with Gasteiger partial charge in [-0.2, -0.15) is 0 Å². The monoisotopic (exact) mass is 253 g/mol. The molecule has 1 aliphatic rings. The van der Waals surface area contributed by atoms with E-state index in [0.717, 1.165) is 29.4 Å². The summed E-state index contributed by atoms with van der Waals surface area (Å²) >= 11 is 6.00. The Morgan fingerprint density at radius 1 is 1.12 bits per heavy atom. The third-order valence-corrected chi connectivity index (χ3v) is 4.19. The van der Waals surface area contributed by atoms with Crippen LogP contribution < -0.4 is 4.90 Å². The molecule has 0 spiro atoms. The van der Waals surface area contributed by atoms with E-state index in [9.17, 15) is 0 Å². The summed E-state index contributed by atoms with van der Waals surface area (Å²) in [6.07, 6.45) is 2.53. The topological polar surface area (TPSA) is 29.0 Å². The Hall–Kier alpha value is -0.830. The highest BCUT2D eigenvalue weighted by Crippen LogP contribution is 2.30. The van der Waals surface area contributed by atoms with Gasteiger partial charge in [0.15, 0.2) is 11.0 Å². The van der Waals surface area contributed by atoms with Gasteiger partial charge in [0.2, 0.25) is 0 Å². The van der Waals surface area contributed by atoms with E-state index in [-0.39, 0.29) is 0 Å². The molecule has 0 bridgehead atoms. The third-order valence-electron chi connectivity index (χ3n) is 3.83. The summed E-state index contributed by atoms with van der Waals surface area (Å²) in [6, 6.07) is 0.541. The van der Waals surface area contributed by atoms with Crippen LogP contribution in [-0.2, 0) is 0 Å². The summed E-state index contributed by atoms with van der Waals surface area (Å²) in [7, 11) is 0. The molecule has 1 aliphatic heterocycles. The molecule has 1 aromatic heterocycles. The smallest absolute Gasteiger partial charge is 0.155 e. The zero-order chi connectivity index (χ0) is 12.6. The quantitative estimate of drug-likeness (QED) is 0.768. The normalized spacial score (nSPS) is 25.1. The summed E-state index contributed by atoms with van der Waals surface area (Å²) in [4.78, 5) is 2.37. The van der Waals surface area contributed by atoms with Crippen molar-refractivity contribution in [3.8, 4) is 0 Å². The number of piperidine rings is 1. The molecule has 0 radical (unpaired) electrons. The first-order valence-corrected chi connectivity index (χ1v) is 6.64. The van der Waals surface area contributed by atoms with Gasteiger partial charge in [-0.15, -0.1) is 10.2 Å². The fourth-order valence-corrected chi connectivity index (χ4v) is 2.60. The Bertz CT molecular complexity index is 419. The summed E-state index contributed by atoms with van der Waals surface area (Å²) in [5, 5.41) is 8.86. The molecule has 2 heterocycles. The predicted octanol–water partition coefficient (Wildman–Crippen LogP) is 3.37. The van der Waals surface area contributed by atoms with Crippen LogP contribution in [0, 0.1) is 19.8 Å². The molecule has 1 fully saturated rings. The highest BCUT2D eigenvalue weighted by molar-refractivity contribution is 6.30. The second-order valence-corrected chi connectivity index (χ2v) is 5.61. The first-order chi connectivity index (χ1) is 8.00. The van der Waals surface area contributed by atoms with Gasteiger partial charge in [0, 0.05) is 12.6 Å². The lowest BCUT2D eigenvalue weighted by atomic mass is 9.94. The Morgan fingerprint density at radius 3 is 2.53 bits per heavy atom. The van der Waals surface area contributed by atoms with E-state index in [0.29, 0.717) is 11.2 Å². The van der Waals surface area contributed by atoms with E-state index in [2.05, 4.69) is 35.9 Å². The van der Waals surface area contributed by atoms with Crippen LogP contribution in [0.25, 0.3) is 0 Å². The van der Waals surface area contributed by atoms with Crippen LogP contribution in [-0.4, -0.2) is 22.8 Å². The Morgan fingerprint density at radius 2 is 1.82 bits per heavy atom. The molecule has 3 nitrogen and oxygen atoms in total. The number of rotatable bonds is 1. The maximum absolute atomic E-state index is 6.00. The molecule has 4 heteroatoms. The Kier molecular flexibility index (Phi) is 3.57. The van der Waals surface area contributed by atoms with Gasteiger partial charge >= 0.3 is 0 Å². The zero-order valence-corrected chi connectivity index (χ0v) is 11.8. The fraction of sp³-hybridized carbons (Fsp3) is 0.692. The molecule has 2 unspecified atom stereocenters. The van der Waals surface area contributed by atoms with Crippen LogP contribution in [0.5, 0.6) is 0 Å². The molecule has 0 amide bonds. The molecule has 1 saturated heterocycles. The zero-order valence-electron chi connectivity index (χ0n) is 11.0. The minimum absolute atomic E-state index is 0.518. The van der Waals surface area contributed by atoms with Crippen molar-refractivity contribution in [3.63, 3.8) is 0 Å². The van der Waals surface area contributed by atoms with Crippen molar-refractivity contribution < 1.29 is 0 Å². The lowest BCUT2D eigenvalue weighted by Crippen LogP contribution is -2.42. The van der Waals surface area contributed by atoms with Crippen molar-refractivity contribution in [2.75, 3.05) is 11.4 Å². The highest BCUT2D eigenvalue weighted by Gasteiger charge is 2.26. The lowest BCUT2D eigenvalue weighted by Gasteiger charge is -2.38. The van der Waals surface area contributed by atoms with Gasteiger partial charge in [-0.05, 0) is 50.7 Å². The maximum atomic E-state index is 6.00. The molecule has 0 N–H and O–H groups in total. The van der Waals surface area contributed by atoms with Crippen molar-refractivity contribution >= 4 is 17.4 Å². The highest BCUT2D eigenvalue weighted by atomic mass is 35.5. The fourth-order valence-electron chi connectivity index (χ4n) is 2.42. The van der Waals surface area contributed by atoms with E-state index in [1.807, 2.05) is 6.92 Å². The minimum Gasteiger partial charge on any atom is -0.352 e. The van der Waals surface area contributed by atoms with Crippen LogP contribution in [0.2, 0.25) is 5.15 Å². The second kappa shape index (κ2) is 4.81. The van der Waals surface area contributed by atoms with Crippen molar-refractivity contribution in [1.82, 2.24) is 10.2 Å². The van der Waals surface area contributed by atoms with Crippen LogP contribution in [0.4, 0.5) is 5.82 Å². The maximum Gasteiger partial charge on any atom is 0.155 e. The molecule has 2 atom stereocenters. The number of anilines is 1. The van der Waals surface area contributed by atoms with Crippen molar-refractivity contribution in [2.24, 2.45) is 5.92 Å². The van der Waals surface area contributed by atoms with Gasteiger partial charge < -0.3 is 4.90 Å². The summed E-state index contributed by atoms with van der Waals surface area (Å²) in [5.74, 6) is 1.73. The van der Waals surface area contributed by atoms with Gasteiger partial charge in [0.05, 0.1) is 0 Å². The molecule has 0 aromatic carbocycles. The van der Waals surface area contributed by atoms with Crippen molar-refractivity contribution in [1.29, 1.82) is 0 Å². The molecule has 2 rings (SSSR count).